The van der Waals surface area contributed by atoms with E-state index in [1.165, 1.54) is 0 Å². The Kier molecular flexibility index (Phi) is 3.37. The van der Waals surface area contributed by atoms with Gasteiger partial charge < -0.3 is 9.84 Å². The molecule has 0 radical (unpaired) electrons. The van der Waals surface area contributed by atoms with Crippen molar-refractivity contribution < 1.29 is 14.6 Å². The van der Waals surface area contributed by atoms with Gasteiger partial charge in [-0.05, 0) is 25.3 Å². The van der Waals surface area contributed by atoms with Crippen molar-refractivity contribution in [1.29, 1.82) is 0 Å². The number of ether oxygens (including phenoxy) is 1. The molecule has 3 heteroatoms. The Balaban J connectivity index is 2.36. The molecule has 2 aliphatic rings. The summed E-state index contributed by atoms with van der Waals surface area (Å²) in [4.78, 5) is 11.9. The fraction of sp³-hybridized carbons (Fsp3) is 0.667. The normalized spacial score (nSPS) is 35.7. The molecule has 0 amide bonds. The molecule has 0 spiro atoms. The van der Waals surface area contributed by atoms with Crippen LogP contribution in [0.1, 0.15) is 46.0 Å². The highest BCUT2D eigenvalue weighted by Crippen LogP contribution is 2.52. The van der Waals surface area contributed by atoms with Gasteiger partial charge in [0.2, 0.25) is 0 Å². The van der Waals surface area contributed by atoms with E-state index in [1.807, 2.05) is 13.0 Å². The molecule has 0 aromatic heterocycles. The van der Waals surface area contributed by atoms with Gasteiger partial charge in [0.05, 0.1) is 17.8 Å². The molecule has 2 atom stereocenters. The highest BCUT2D eigenvalue weighted by Gasteiger charge is 2.50. The Labute approximate surface area is 109 Å². The molecule has 2 aliphatic carbocycles. The van der Waals surface area contributed by atoms with Crippen LogP contribution in [-0.4, -0.2) is 23.3 Å². The lowest BCUT2D eigenvalue weighted by molar-refractivity contribution is -0.139. The monoisotopic (exact) mass is 250 g/mol. The first-order valence-electron chi connectivity index (χ1n) is 6.72. The zero-order valence-electron chi connectivity index (χ0n) is 11.3. The molecule has 2 rings (SSSR count). The van der Waals surface area contributed by atoms with Crippen LogP contribution in [0.3, 0.4) is 0 Å². The molecule has 1 N–H and O–H groups in total. The van der Waals surface area contributed by atoms with Crippen molar-refractivity contribution in [2.45, 2.75) is 51.6 Å². The highest BCUT2D eigenvalue weighted by molar-refractivity contribution is 5.93. The topological polar surface area (TPSA) is 46.5 Å². The average Bonchev–Trinajstić information content (AvgIpc) is 2.30. The fourth-order valence-electron chi connectivity index (χ4n) is 3.21. The van der Waals surface area contributed by atoms with Crippen molar-refractivity contribution in [3.05, 3.63) is 23.8 Å². The van der Waals surface area contributed by atoms with E-state index in [0.29, 0.717) is 24.2 Å². The van der Waals surface area contributed by atoms with E-state index in [-0.39, 0.29) is 11.4 Å². The molecule has 0 heterocycles. The lowest BCUT2D eigenvalue weighted by Gasteiger charge is -2.50. The molecule has 1 fully saturated rings. The minimum atomic E-state index is -0.738. The molecular weight excluding hydrogens is 228 g/mol. The third-order valence-corrected chi connectivity index (χ3v) is 4.44. The third-order valence-electron chi connectivity index (χ3n) is 4.44. The van der Waals surface area contributed by atoms with Crippen molar-refractivity contribution >= 4 is 5.97 Å². The first-order chi connectivity index (χ1) is 8.42. The number of hydrogen-bond donors (Lipinski definition) is 1. The summed E-state index contributed by atoms with van der Waals surface area (Å²) in [6, 6.07) is 0. The predicted molar refractivity (Wildman–Crippen MR) is 70.0 cm³/mol. The van der Waals surface area contributed by atoms with Gasteiger partial charge in [0.15, 0.2) is 0 Å². The summed E-state index contributed by atoms with van der Waals surface area (Å²) in [5.41, 5.74) is 0.202. The second-order valence-electron chi connectivity index (χ2n) is 5.71. The van der Waals surface area contributed by atoms with Gasteiger partial charge in [-0.25, -0.2) is 4.79 Å². The summed E-state index contributed by atoms with van der Waals surface area (Å²) in [5.74, 6) is -0.309. The summed E-state index contributed by atoms with van der Waals surface area (Å²) in [7, 11) is 0. The SMILES string of the molecule is C=C1C[C@@]2(O)CCCC[C@]2(C)C=C1C(=O)OCC. The van der Waals surface area contributed by atoms with Crippen LogP contribution in [0.5, 0.6) is 0 Å². The number of rotatable bonds is 2. The van der Waals surface area contributed by atoms with Crippen LogP contribution in [-0.2, 0) is 9.53 Å². The van der Waals surface area contributed by atoms with Crippen molar-refractivity contribution in [2.75, 3.05) is 6.61 Å². The van der Waals surface area contributed by atoms with Crippen molar-refractivity contribution in [3.8, 4) is 0 Å². The fourth-order valence-corrected chi connectivity index (χ4v) is 3.21. The van der Waals surface area contributed by atoms with Gasteiger partial charge in [-0.15, -0.1) is 0 Å². The maximum Gasteiger partial charge on any atom is 0.338 e. The lowest BCUT2D eigenvalue weighted by Crippen LogP contribution is -2.50. The van der Waals surface area contributed by atoms with E-state index in [1.54, 1.807) is 6.92 Å². The van der Waals surface area contributed by atoms with Crippen molar-refractivity contribution in [3.63, 3.8) is 0 Å². The van der Waals surface area contributed by atoms with Gasteiger partial charge in [0, 0.05) is 11.8 Å². The predicted octanol–water partition coefficient (Wildman–Crippen LogP) is 2.75. The maximum atomic E-state index is 11.9. The zero-order valence-corrected chi connectivity index (χ0v) is 11.3. The van der Waals surface area contributed by atoms with Crippen LogP contribution in [0.4, 0.5) is 0 Å². The van der Waals surface area contributed by atoms with Crippen molar-refractivity contribution in [2.24, 2.45) is 5.41 Å². The second-order valence-corrected chi connectivity index (χ2v) is 5.71. The van der Waals surface area contributed by atoms with Crippen molar-refractivity contribution in [1.82, 2.24) is 0 Å². The molecule has 0 aromatic rings. The molecule has 18 heavy (non-hydrogen) atoms. The Morgan fingerprint density at radius 2 is 2.17 bits per heavy atom. The molecular formula is C15H22O3. The summed E-state index contributed by atoms with van der Waals surface area (Å²) in [6.45, 7) is 8.14. The minimum absolute atomic E-state index is 0.309. The average molecular weight is 250 g/mol. The molecule has 100 valence electrons. The quantitative estimate of drug-likeness (QED) is 0.766. The Morgan fingerprint density at radius 1 is 1.50 bits per heavy atom. The number of esters is 1. The smallest absolute Gasteiger partial charge is 0.338 e. The number of carbonyl (C=O) groups excluding carboxylic acids is 1. The van der Waals surface area contributed by atoms with E-state index in [0.717, 1.165) is 25.7 Å². The van der Waals surface area contributed by atoms with E-state index >= 15 is 0 Å². The van der Waals surface area contributed by atoms with Crippen LogP contribution < -0.4 is 0 Å². The minimum Gasteiger partial charge on any atom is -0.462 e. The van der Waals surface area contributed by atoms with Gasteiger partial charge in [0.25, 0.3) is 0 Å². The highest BCUT2D eigenvalue weighted by atomic mass is 16.5. The Morgan fingerprint density at radius 3 is 2.83 bits per heavy atom. The van der Waals surface area contributed by atoms with Crippen LogP contribution in [0.25, 0.3) is 0 Å². The third kappa shape index (κ3) is 2.01. The summed E-state index contributed by atoms with van der Waals surface area (Å²) in [5, 5.41) is 10.8. The van der Waals surface area contributed by atoms with Crippen LogP contribution in [0.2, 0.25) is 0 Å². The maximum absolute atomic E-state index is 11.9. The molecule has 0 unspecified atom stereocenters. The van der Waals surface area contributed by atoms with Gasteiger partial charge in [0.1, 0.15) is 0 Å². The van der Waals surface area contributed by atoms with Gasteiger partial charge in [-0.1, -0.05) is 32.4 Å². The Hall–Kier alpha value is -1.09. The summed E-state index contributed by atoms with van der Waals surface area (Å²) < 4.78 is 5.06. The molecule has 0 aliphatic heterocycles. The molecule has 0 bridgehead atoms. The standard InChI is InChI=1S/C15H22O3/c1-4-18-13(16)12-10-14(3)7-5-6-8-15(14,17)9-11(12)2/h10,17H,2,4-9H2,1,3H3/t14-,15+/m1/s1. The second kappa shape index (κ2) is 4.54. The zero-order chi connectivity index (χ0) is 13.4. The number of aliphatic hydroxyl groups is 1. The van der Waals surface area contributed by atoms with Gasteiger partial charge in [-0.3, -0.25) is 0 Å². The van der Waals surface area contributed by atoms with E-state index in [9.17, 15) is 9.90 Å². The number of carbonyl (C=O) groups is 1. The van der Waals surface area contributed by atoms with Gasteiger partial charge >= 0.3 is 5.97 Å². The molecule has 0 aromatic carbocycles. The van der Waals surface area contributed by atoms with Crippen LogP contribution in [0, 0.1) is 5.41 Å². The number of hydrogen-bond acceptors (Lipinski definition) is 3. The largest absolute Gasteiger partial charge is 0.462 e. The first kappa shape index (κ1) is 13.3. The summed E-state index contributed by atoms with van der Waals surface area (Å²) >= 11 is 0. The van der Waals surface area contributed by atoms with Gasteiger partial charge in [-0.2, -0.15) is 0 Å². The van der Waals surface area contributed by atoms with E-state index in [4.69, 9.17) is 4.74 Å². The summed E-state index contributed by atoms with van der Waals surface area (Å²) in [6.07, 6.45) is 6.22. The molecule has 0 saturated heterocycles. The van der Waals surface area contributed by atoms with E-state index in [2.05, 4.69) is 6.58 Å². The molecule has 3 nitrogen and oxygen atoms in total. The van der Waals surface area contributed by atoms with Crippen LogP contribution >= 0.6 is 0 Å². The van der Waals surface area contributed by atoms with Crippen LogP contribution in [0.15, 0.2) is 23.8 Å². The molecule has 1 saturated carbocycles. The number of fused-ring (bicyclic) bond motifs is 1. The Bertz CT molecular complexity index is 410. The first-order valence-corrected chi connectivity index (χ1v) is 6.72. The van der Waals surface area contributed by atoms with E-state index < -0.39 is 5.60 Å². The lowest BCUT2D eigenvalue weighted by atomic mass is 9.58.